The second kappa shape index (κ2) is 8.91. The first-order valence-corrected chi connectivity index (χ1v) is 8.47. The Morgan fingerprint density at radius 2 is 1.73 bits per heavy atom. The maximum absolute atomic E-state index is 12.4. The Balaban J connectivity index is 2.98. The third kappa shape index (κ3) is 4.08. The zero-order chi connectivity index (χ0) is 16.6. The molecule has 0 amide bonds. The summed E-state index contributed by atoms with van der Waals surface area (Å²) in [5.41, 5.74) is -1.40. The number of hydrogen-bond acceptors (Lipinski definition) is 5. The molecule has 1 aliphatic heterocycles. The van der Waals surface area contributed by atoms with Crippen molar-refractivity contribution < 1.29 is 23.9 Å². The lowest BCUT2D eigenvalue weighted by Gasteiger charge is -2.30. The number of carbonyl (C=O) groups excluding carboxylic acids is 3. The van der Waals surface area contributed by atoms with Crippen molar-refractivity contribution in [2.75, 3.05) is 6.61 Å². The van der Waals surface area contributed by atoms with Gasteiger partial charge in [0.2, 0.25) is 11.4 Å². The van der Waals surface area contributed by atoms with E-state index in [9.17, 15) is 14.4 Å². The highest BCUT2D eigenvalue weighted by atomic mass is 16.6. The van der Waals surface area contributed by atoms with Gasteiger partial charge in [0.1, 0.15) is 0 Å². The van der Waals surface area contributed by atoms with Gasteiger partial charge < -0.3 is 9.47 Å². The summed E-state index contributed by atoms with van der Waals surface area (Å²) in [6.07, 6.45) is 6.30. The van der Waals surface area contributed by atoms with Crippen LogP contribution in [0.15, 0.2) is 0 Å². The lowest BCUT2D eigenvalue weighted by atomic mass is 9.79. The molecule has 22 heavy (non-hydrogen) atoms. The fraction of sp³-hybridized carbons (Fsp3) is 0.824. The normalized spacial score (nSPS) is 24.4. The zero-order valence-corrected chi connectivity index (χ0v) is 14.0. The molecule has 0 N–H and O–H groups in total. The van der Waals surface area contributed by atoms with Gasteiger partial charge in [0.05, 0.1) is 12.5 Å². The Bertz CT molecular complexity index is 404. The van der Waals surface area contributed by atoms with Crippen molar-refractivity contribution in [2.24, 2.45) is 5.92 Å². The lowest BCUT2D eigenvalue weighted by molar-refractivity contribution is -0.178. The summed E-state index contributed by atoms with van der Waals surface area (Å²) in [5, 5.41) is 0. The lowest BCUT2D eigenvalue weighted by Crippen LogP contribution is -2.46. The van der Waals surface area contributed by atoms with Crippen LogP contribution in [0, 0.1) is 5.92 Å². The van der Waals surface area contributed by atoms with Crippen molar-refractivity contribution in [2.45, 2.75) is 77.7 Å². The van der Waals surface area contributed by atoms with Crippen LogP contribution in [0.4, 0.5) is 0 Å². The number of Topliss-reactive ketones (excluding diaryl/α,β-unsaturated/α-hetero) is 1. The summed E-state index contributed by atoms with van der Waals surface area (Å²) in [6, 6.07) is 0. The fourth-order valence-electron chi connectivity index (χ4n) is 3.01. The van der Waals surface area contributed by atoms with Crippen LogP contribution >= 0.6 is 0 Å². The van der Waals surface area contributed by atoms with E-state index in [1.165, 1.54) is 0 Å². The smallest absolute Gasteiger partial charge is 0.376 e. The second-order valence-electron chi connectivity index (χ2n) is 5.87. The minimum atomic E-state index is -1.40. The van der Waals surface area contributed by atoms with Crippen LogP contribution in [0.25, 0.3) is 0 Å². The summed E-state index contributed by atoms with van der Waals surface area (Å²) in [4.78, 5) is 36.4. The monoisotopic (exact) mass is 312 g/mol. The molecule has 1 rings (SSSR count). The Labute approximate surface area is 132 Å². The van der Waals surface area contributed by atoms with Gasteiger partial charge in [-0.05, 0) is 26.2 Å². The van der Waals surface area contributed by atoms with Gasteiger partial charge in [-0.1, -0.05) is 46.0 Å². The molecule has 5 nitrogen and oxygen atoms in total. The van der Waals surface area contributed by atoms with Gasteiger partial charge in [0, 0.05) is 0 Å². The van der Waals surface area contributed by atoms with Crippen LogP contribution < -0.4 is 0 Å². The van der Waals surface area contributed by atoms with Crippen molar-refractivity contribution in [1.29, 1.82) is 0 Å². The molecule has 5 heteroatoms. The second-order valence-corrected chi connectivity index (χ2v) is 5.87. The third-order valence-electron chi connectivity index (χ3n) is 4.22. The number of ether oxygens (including phenoxy) is 2. The van der Waals surface area contributed by atoms with Crippen LogP contribution in [0.5, 0.6) is 0 Å². The summed E-state index contributed by atoms with van der Waals surface area (Å²) in [6.45, 7) is 6.05. The Morgan fingerprint density at radius 1 is 1.09 bits per heavy atom. The molecular weight excluding hydrogens is 284 g/mol. The molecule has 1 fully saturated rings. The Hall–Kier alpha value is -1.39. The first-order valence-electron chi connectivity index (χ1n) is 8.47. The highest BCUT2D eigenvalue weighted by Gasteiger charge is 2.60. The minimum Gasteiger partial charge on any atom is -0.463 e. The predicted octanol–water partition coefficient (Wildman–Crippen LogP) is 3.19. The molecule has 0 aliphatic carbocycles. The quantitative estimate of drug-likeness (QED) is 0.352. The largest absolute Gasteiger partial charge is 0.463 e. The van der Waals surface area contributed by atoms with E-state index in [1.54, 1.807) is 6.92 Å². The number of rotatable bonds is 10. The van der Waals surface area contributed by atoms with Crippen LogP contribution in [-0.2, 0) is 23.9 Å². The van der Waals surface area contributed by atoms with E-state index in [4.69, 9.17) is 9.47 Å². The van der Waals surface area contributed by atoms with E-state index < -0.39 is 29.2 Å². The maximum atomic E-state index is 12.4. The molecule has 0 saturated carbocycles. The average molecular weight is 312 g/mol. The molecule has 0 aromatic rings. The number of esters is 2. The molecule has 2 unspecified atom stereocenters. The highest BCUT2D eigenvalue weighted by Crippen LogP contribution is 2.39. The molecule has 2 atom stereocenters. The third-order valence-corrected chi connectivity index (χ3v) is 4.22. The SMILES string of the molecule is CCCCCC1C(=O)C(=O)OC1(CCCCC)C(=O)OCC. The van der Waals surface area contributed by atoms with Crippen molar-refractivity contribution >= 4 is 17.7 Å². The van der Waals surface area contributed by atoms with Crippen molar-refractivity contribution in [3.63, 3.8) is 0 Å². The molecule has 0 aromatic carbocycles. The van der Waals surface area contributed by atoms with E-state index in [-0.39, 0.29) is 6.61 Å². The van der Waals surface area contributed by atoms with Gasteiger partial charge >= 0.3 is 11.9 Å². The number of carbonyl (C=O) groups is 3. The average Bonchev–Trinajstić information content (AvgIpc) is 2.73. The van der Waals surface area contributed by atoms with E-state index in [1.807, 2.05) is 0 Å². The van der Waals surface area contributed by atoms with Gasteiger partial charge in [-0.15, -0.1) is 0 Å². The zero-order valence-electron chi connectivity index (χ0n) is 14.0. The molecule has 0 radical (unpaired) electrons. The first kappa shape index (κ1) is 18.7. The summed E-state index contributed by atoms with van der Waals surface area (Å²) in [7, 11) is 0. The molecule has 126 valence electrons. The van der Waals surface area contributed by atoms with Crippen LogP contribution in [0.3, 0.4) is 0 Å². The summed E-state index contributed by atoms with van der Waals surface area (Å²) in [5.74, 6) is -2.71. The number of cyclic esters (lactones) is 1. The standard InChI is InChI=1S/C17H28O5/c1-4-7-9-11-13-14(18)15(19)22-17(13,12-10-8-5-2)16(20)21-6-3/h13H,4-12H2,1-3H3. The molecule has 0 bridgehead atoms. The van der Waals surface area contributed by atoms with Gasteiger partial charge in [-0.3, -0.25) is 4.79 Å². The van der Waals surface area contributed by atoms with Crippen LogP contribution in [-0.4, -0.2) is 29.9 Å². The van der Waals surface area contributed by atoms with E-state index >= 15 is 0 Å². The first-order chi connectivity index (χ1) is 10.5. The fourth-order valence-corrected chi connectivity index (χ4v) is 3.01. The number of ketones is 1. The molecule has 1 aliphatic rings. The minimum absolute atomic E-state index is 0.210. The van der Waals surface area contributed by atoms with Gasteiger partial charge in [-0.2, -0.15) is 0 Å². The Kier molecular flexibility index (Phi) is 7.56. The predicted molar refractivity (Wildman–Crippen MR) is 82.2 cm³/mol. The topological polar surface area (TPSA) is 69.7 Å². The number of unbranched alkanes of at least 4 members (excludes halogenated alkanes) is 4. The molecule has 1 heterocycles. The van der Waals surface area contributed by atoms with Crippen LogP contribution in [0.1, 0.15) is 72.1 Å². The number of hydrogen-bond donors (Lipinski definition) is 0. The highest BCUT2D eigenvalue weighted by molar-refractivity contribution is 6.37. The molecule has 1 saturated heterocycles. The van der Waals surface area contributed by atoms with Gasteiger partial charge in [0.15, 0.2) is 0 Å². The van der Waals surface area contributed by atoms with E-state index in [2.05, 4.69) is 13.8 Å². The summed E-state index contributed by atoms with van der Waals surface area (Å²) < 4.78 is 10.4. The molecule has 0 aromatic heterocycles. The molecule has 0 spiro atoms. The van der Waals surface area contributed by atoms with E-state index in [0.29, 0.717) is 12.8 Å². The van der Waals surface area contributed by atoms with E-state index in [0.717, 1.165) is 38.5 Å². The van der Waals surface area contributed by atoms with Crippen LogP contribution in [0.2, 0.25) is 0 Å². The molecular formula is C17H28O5. The maximum Gasteiger partial charge on any atom is 0.376 e. The van der Waals surface area contributed by atoms with Crippen molar-refractivity contribution in [3.05, 3.63) is 0 Å². The van der Waals surface area contributed by atoms with Gasteiger partial charge in [0.25, 0.3) is 0 Å². The van der Waals surface area contributed by atoms with Crippen molar-refractivity contribution in [3.8, 4) is 0 Å². The summed E-state index contributed by atoms with van der Waals surface area (Å²) >= 11 is 0. The van der Waals surface area contributed by atoms with Gasteiger partial charge in [-0.25, -0.2) is 9.59 Å². The Morgan fingerprint density at radius 3 is 2.32 bits per heavy atom. The van der Waals surface area contributed by atoms with Crippen molar-refractivity contribution in [1.82, 2.24) is 0 Å².